The molecule has 2 aromatic carbocycles. The quantitative estimate of drug-likeness (QED) is 0.872. The number of hydrogen-bond donors (Lipinski definition) is 1. The Kier molecular flexibility index (Phi) is 4.29. The average molecular weight is 337 g/mol. The topological polar surface area (TPSA) is 56.8 Å². The minimum Gasteiger partial charge on any atom is -0.493 e. The fourth-order valence-electron chi connectivity index (χ4n) is 3.01. The van der Waals surface area contributed by atoms with Crippen LogP contribution in [0.1, 0.15) is 11.1 Å². The summed E-state index contributed by atoms with van der Waals surface area (Å²) in [7, 11) is 0. The number of amides is 1. The molecular formula is C20H19NO4. The molecule has 25 heavy (non-hydrogen) atoms. The van der Waals surface area contributed by atoms with Gasteiger partial charge < -0.3 is 19.5 Å². The maximum Gasteiger partial charge on any atom is 0.244 e. The minimum absolute atomic E-state index is 0.114. The van der Waals surface area contributed by atoms with Gasteiger partial charge in [-0.2, -0.15) is 0 Å². The van der Waals surface area contributed by atoms with E-state index in [-0.39, 0.29) is 18.6 Å². The van der Waals surface area contributed by atoms with Crippen LogP contribution in [0.5, 0.6) is 17.2 Å². The van der Waals surface area contributed by atoms with E-state index in [1.807, 2.05) is 36.4 Å². The number of fused-ring (bicyclic) bond motifs is 2. The minimum atomic E-state index is -0.114. The summed E-state index contributed by atoms with van der Waals surface area (Å²) in [6, 6.07) is 13.6. The van der Waals surface area contributed by atoms with Crippen molar-refractivity contribution in [2.45, 2.75) is 6.42 Å². The number of para-hydroxylation sites is 1. The summed E-state index contributed by atoms with van der Waals surface area (Å²) in [4.78, 5) is 12.0. The molecule has 2 aliphatic rings. The Morgan fingerprint density at radius 2 is 1.96 bits per heavy atom. The van der Waals surface area contributed by atoms with Gasteiger partial charge in [0.05, 0.1) is 6.61 Å². The average Bonchev–Trinajstić information content (AvgIpc) is 3.12. The van der Waals surface area contributed by atoms with Crippen LogP contribution in [0.4, 0.5) is 0 Å². The fourth-order valence-corrected chi connectivity index (χ4v) is 3.01. The van der Waals surface area contributed by atoms with Gasteiger partial charge in [-0.05, 0) is 41.8 Å². The lowest BCUT2D eigenvalue weighted by Gasteiger charge is -2.25. The molecule has 0 aromatic heterocycles. The number of carbonyl (C=O) groups excluding carboxylic acids is 1. The standard InChI is InChI=1S/C20H19NO4/c22-20(8-6-14-5-7-18-19(10-14)25-13-24-18)21-11-15-9-16-3-1-2-4-17(16)23-12-15/h1-8,10,15H,9,11-13H2,(H,21,22). The summed E-state index contributed by atoms with van der Waals surface area (Å²) in [6.45, 7) is 1.47. The predicted octanol–water partition coefficient (Wildman–Crippen LogP) is 2.80. The first-order chi connectivity index (χ1) is 12.3. The Labute approximate surface area is 146 Å². The summed E-state index contributed by atoms with van der Waals surface area (Å²) >= 11 is 0. The van der Waals surface area contributed by atoms with Crippen LogP contribution in [0, 0.1) is 5.92 Å². The summed E-state index contributed by atoms with van der Waals surface area (Å²) in [5.41, 5.74) is 2.10. The highest BCUT2D eigenvalue weighted by Crippen LogP contribution is 2.32. The molecule has 1 unspecified atom stereocenters. The summed E-state index contributed by atoms with van der Waals surface area (Å²) in [5, 5.41) is 2.94. The van der Waals surface area contributed by atoms with Crippen molar-refractivity contribution >= 4 is 12.0 Å². The van der Waals surface area contributed by atoms with Crippen LogP contribution in [0.25, 0.3) is 6.08 Å². The lowest BCUT2D eigenvalue weighted by Crippen LogP contribution is -2.33. The molecule has 1 atom stereocenters. The van der Waals surface area contributed by atoms with E-state index in [0.29, 0.717) is 18.9 Å². The van der Waals surface area contributed by atoms with Crippen LogP contribution in [0.3, 0.4) is 0 Å². The third kappa shape index (κ3) is 3.60. The molecule has 2 aliphatic heterocycles. The first-order valence-corrected chi connectivity index (χ1v) is 8.34. The molecule has 2 aromatic rings. The van der Waals surface area contributed by atoms with Crippen molar-refractivity contribution in [1.82, 2.24) is 5.32 Å². The van der Waals surface area contributed by atoms with Crippen LogP contribution in [0.15, 0.2) is 48.5 Å². The highest BCUT2D eigenvalue weighted by molar-refractivity contribution is 5.91. The molecule has 1 N–H and O–H groups in total. The van der Waals surface area contributed by atoms with Gasteiger partial charge in [0.15, 0.2) is 11.5 Å². The molecule has 0 saturated carbocycles. The molecule has 4 rings (SSSR count). The molecule has 0 aliphatic carbocycles. The van der Waals surface area contributed by atoms with Crippen LogP contribution < -0.4 is 19.5 Å². The zero-order chi connectivity index (χ0) is 17.1. The van der Waals surface area contributed by atoms with E-state index in [0.717, 1.165) is 23.5 Å². The smallest absolute Gasteiger partial charge is 0.244 e. The third-order valence-corrected chi connectivity index (χ3v) is 4.34. The van der Waals surface area contributed by atoms with Gasteiger partial charge in [-0.3, -0.25) is 4.79 Å². The van der Waals surface area contributed by atoms with Crippen molar-refractivity contribution in [3.8, 4) is 17.2 Å². The van der Waals surface area contributed by atoms with Crippen LogP contribution in [-0.4, -0.2) is 25.9 Å². The van der Waals surface area contributed by atoms with E-state index in [1.165, 1.54) is 11.6 Å². The van der Waals surface area contributed by atoms with Crippen LogP contribution in [0.2, 0.25) is 0 Å². The van der Waals surface area contributed by atoms with Crippen molar-refractivity contribution in [3.05, 3.63) is 59.7 Å². The Balaban J connectivity index is 1.29. The fraction of sp³-hybridized carbons (Fsp3) is 0.250. The number of rotatable bonds is 4. The normalized spacial score (nSPS) is 17.8. The van der Waals surface area contributed by atoms with Gasteiger partial charge in [0.2, 0.25) is 12.7 Å². The van der Waals surface area contributed by atoms with Crippen molar-refractivity contribution in [2.24, 2.45) is 5.92 Å². The van der Waals surface area contributed by atoms with E-state index in [1.54, 1.807) is 6.08 Å². The van der Waals surface area contributed by atoms with Crippen molar-refractivity contribution in [1.29, 1.82) is 0 Å². The number of nitrogens with one attached hydrogen (secondary N) is 1. The lowest BCUT2D eigenvalue weighted by atomic mass is 9.97. The summed E-state index contributed by atoms with van der Waals surface area (Å²) in [6.07, 6.45) is 4.22. The highest BCUT2D eigenvalue weighted by atomic mass is 16.7. The predicted molar refractivity (Wildman–Crippen MR) is 93.7 cm³/mol. The Morgan fingerprint density at radius 1 is 1.08 bits per heavy atom. The molecule has 0 fully saturated rings. The molecule has 1 amide bonds. The number of ether oxygens (including phenoxy) is 3. The largest absolute Gasteiger partial charge is 0.493 e. The van der Waals surface area contributed by atoms with Crippen LogP contribution in [-0.2, 0) is 11.2 Å². The van der Waals surface area contributed by atoms with E-state index >= 15 is 0 Å². The van der Waals surface area contributed by atoms with Gasteiger partial charge in [-0.25, -0.2) is 0 Å². The Bertz CT molecular complexity index is 815. The van der Waals surface area contributed by atoms with Crippen molar-refractivity contribution in [2.75, 3.05) is 19.9 Å². The molecule has 5 heteroatoms. The van der Waals surface area contributed by atoms with Gasteiger partial charge in [0.1, 0.15) is 5.75 Å². The van der Waals surface area contributed by atoms with E-state index < -0.39 is 0 Å². The first-order valence-electron chi connectivity index (χ1n) is 8.34. The Hall–Kier alpha value is -2.95. The summed E-state index contributed by atoms with van der Waals surface area (Å²) < 4.78 is 16.3. The second-order valence-corrected chi connectivity index (χ2v) is 6.18. The molecular weight excluding hydrogens is 318 g/mol. The second-order valence-electron chi connectivity index (χ2n) is 6.18. The maximum absolute atomic E-state index is 12.0. The monoisotopic (exact) mass is 337 g/mol. The van der Waals surface area contributed by atoms with Gasteiger partial charge in [0, 0.05) is 18.5 Å². The third-order valence-electron chi connectivity index (χ3n) is 4.34. The second kappa shape index (κ2) is 6.89. The zero-order valence-corrected chi connectivity index (χ0v) is 13.7. The van der Waals surface area contributed by atoms with Gasteiger partial charge in [-0.15, -0.1) is 0 Å². The summed E-state index contributed by atoms with van der Waals surface area (Å²) in [5.74, 6) is 2.57. The van der Waals surface area contributed by atoms with E-state index in [9.17, 15) is 4.79 Å². The molecule has 0 radical (unpaired) electrons. The van der Waals surface area contributed by atoms with E-state index in [2.05, 4.69) is 11.4 Å². The van der Waals surface area contributed by atoms with Gasteiger partial charge in [-0.1, -0.05) is 24.3 Å². The first kappa shape index (κ1) is 15.6. The SMILES string of the molecule is O=C(C=Cc1ccc2c(c1)OCO2)NCC1COc2ccccc2C1. The van der Waals surface area contributed by atoms with E-state index in [4.69, 9.17) is 14.2 Å². The highest BCUT2D eigenvalue weighted by Gasteiger charge is 2.19. The van der Waals surface area contributed by atoms with Crippen molar-refractivity contribution in [3.63, 3.8) is 0 Å². The number of hydrogen-bond acceptors (Lipinski definition) is 4. The molecule has 5 nitrogen and oxygen atoms in total. The zero-order valence-electron chi connectivity index (χ0n) is 13.7. The molecule has 128 valence electrons. The van der Waals surface area contributed by atoms with Crippen LogP contribution >= 0.6 is 0 Å². The Morgan fingerprint density at radius 3 is 2.92 bits per heavy atom. The molecule has 2 heterocycles. The van der Waals surface area contributed by atoms with Gasteiger partial charge >= 0.3 is 0 Å². The van der Waals surface area contributed by atoms with Gasteiger partial charge in [0.25, 0.3) is 0 Å². The van der Waals surface area contributed by atoms with Crippen molar-refractivity contribution < 1.29 is 19.0 Å². The lowest BCUT2D eigenvalue weighted by molar-refractivity contribution is -0.116. The molecule has 0 spiro atoms. The maximum atomic E-state index is 12.0. The molecule has 0 bridgehead atoms. The number of carbonyl (C=O) groups is 1. The molecule has 0 saturated heterocycles. The number of benzene rings is 2.